The van der Waals surface area contributed by atoms with Crippen LogP contribution in [0, 0.1) is 63.9 Å². The maximum Gasteiger partial charge on any atom is 2.00 e. The van der Waals surface area contributed by atoms with Crippen molar-refractivity contribution in [2.75, 3.05) is 72.0 Å². The van der Waals surface area contributed by atoms with Gasteiger partial charge in [0.1, 0.15) is 4.91 Å². The van der Waals surface area contributed by atoms with E-state index in [1.54, 1.807) is 6.20 Å². The molecule has 0 saturated carbocycles. The molecule has 6 aliphatic rings. The largest absolute Gasteiger partial charge is 2.00 e. The fourth-order valence-corrected chi connectivity index (χ4v) is 6.40. The van der Waals surface area contributed by atoms with Crippen LogP contribution in [0.15, 0.2) is 23.9 Å². The first-order valence-corrected chi connectivity index (χ1v) is 19.2. The minimum atomic E-state index is -1.25. The van der Waals surface area contributed by atoms with Crippen LogP contribution in [0.5, 0.6) is 0 Å². The summed E-state index contributed by atoms with van der Waals surface area (Å²) >= 11 is 0. The second kappa shape index (κ2) is 31.2. The van der Waals surface area contributed by atoms with Crippen molar-refractivity contribution in [2.45, 2.75) is 106 Å². The van der Waals surface area contributed by atoms with Crippen molar-refractivity contribution in [3.8, 4) is 0 Å². The molecule has 17 heteroatoms. The molecule has 5 unspecified atom stereocenters. The van der Waals surface area contributed by atoms with Crippen molar-refractivity contribution in [1.29, 1.82) is 0 Å². The number of rotatable bonds is 0. The second-order valence-corrected chi connectivity index (χ2v) is 15.3. The molecular weight excluding hydrogens is 733 g/mol. The van der Waals surface area contributed by atoms with E-state index in [-0.39, 0.29) is 16.8 Å². The van der Waals surface area contributed by atoms with Gasteiger partial charge in [-0.2, -0.15) is 0 Å². The van der Waals surface area contributed by atoms with Gasteiger partial charge in [-0.3, -0.25) is 0 Å². The van der Waals surface area contributed by atoms with E-state index in [4.69, 9.17) is 15.3 Å². The van der Waals surface area contributed by atoms with E-state index in [1.165, 1.54) is 32.1 Å². The maximum absolute atomic E-state index is 10.6. The number of nitrogens with zero attached hydrogens (tertiary/aromatic N) is 7. The number of hydrogen-bond acceptors (Lipinski definition) is 7. The van der Waals surface area contributed by atoms with E-state index >= 15 is 0 Å². The van der Waals surface area contributed by atoms with E-state index in [2.05, 4.69) is 34.6 Å². The van der Waals surface area contributed by atoms with Gasteiger partial charge in [-0.1, -0.05) is 40.7 Å². The molecule has 0 aromatic heterocycles. The maximum atomic E-state index is 10.6. The molecule has 0 amide bonds. The molecule has 1 radical (unpaired) electrons. The van der Waals surface area contributed by atoms with Gasteiger partial charge in [-0.05, 0) is 68.9 Å². The minimum absolute atomic E-state index is 0. The molecule has 5 atom stereocenters. The Kier molecular flexibility index (Phi) is 30.5. The minimum Gasteiger partial charge on any atom is -0.201 e. The molecule has 0 aliphatic carbocycles. The van der Waals surface area contributed by atoms with E-state index in [9.17, 15) is 29.4 Å². The Morgan fingerprint density at radius 2 is 0.755 bits per heavy atom. The number of nitroso groups, excluding NO2 is 6. The molecule has 16 nitrogen and oxygen atoms in total. The summed E-state index contributed by atoms with van der Waals surface area (Å²) < 4.78 is 6.72. The third-order valence-electron chi connectivity index (χ3n) is 9.11. The van der Waals surface area contributed by atoms with Crippen molar-refractivity contribution >= 4 is 0 Å². The van der Waals surface area contributed by atoms with Gasteiger partial charge in [0.2, 0.25) is 12.7 Å². The first-order chi connectivity index (χ1) is 24.5. The van der Waals surface area contributed by atoms with Gasteiger partial charge in [-0.15, -0.1) is 0 Å². The molecule has 2 N–H and O–H groups in total. The average Bonchev–Trinajstić information content (AvgIpc) is 3.02. The third kappa shape index (κ3) is 33.1. The van der Waals surface area contributed by atoms with Crippen LogP contribution in [0.4, 0.5) is 0 Å². The van der Waals surface area contributed by atoms with Gasteiger partial charge in [0, 0.05) is 101 Å². The summed E-state index contributed by atoms with van der Waals surface area (Å²) in [6, 6.07) is 0. The van der Waals surface area contributed by atoms with E-state index in [1.807, 2.05) is 19.1 Å². The Hall–Kier alpha value is -3.21. The molecule has 6 heterocycles. The zero-order chi connectivity index (χ0) is 39.5. The Balaban J connectivity index is 0. The first-order valence-electron chi connectivity index (χ1n) is 19.2. The van der Waals surface area contributed by atoms with Gasteiger partial charge in [0.25, 0.3) is 0 Å². The summed E-state index contributed by atoms with van der Waals surface area (Å²) in [7, 11) is 0. The Morgan fingerprint density at radius 3 is 0.868 bits per heavy atom. The summed E-state index contributed by atoms with van der Waals surface area (Å²) in [6.07, 6.45) is 17.0. The number of allylic oxidation sites excluding steroid dienone is 2. The Morgan fingerprint density at radius 1 is 0.528 bits per heavy atom. The molecule has 5 fully saturated rings. The van der Waals surface area contributed by atoms with Crippen LogP contribution in [-0.2, 0) is 16.8 Å². The van der Waals surface area contributed by atoms with Gasteiger partial charge in [-0.25, -0.2) is 10.4 Å². The molecule has 5 saturated heterocycles. The summed E-state index contributed by atoms with van der Waals surface area (Å²) in [4.78, 5) is 71.9. The molecule has 0 spiro atoms. The molecular formula is C36H70CoN7O9+9. The van der Waals surface area contributed by atoms with Crippen LogP contribution in [0.25, 0.3) is 0 Å². The molecule has 6 rings (SSSR count). The molecule has 303 valence electrons. The fourth-order valence-electron chi connectivity index (χ4n) is 6.40. The van der Waals surface area contributed by atoms with Gasteiger partial charge in [0.15, 0.2) is 65.4 Å². The molecule has 53 heavy (non-hydrogen) atoms. The van der Waals surface area contributed by atoms with Crippen LogP contribution in [0.2, 0.25) is 0 Å². The van der Waals surface area contributed by atoms with E-state index in [0.29, 0.717) is 36.1 Å². The first kappa shape index (κ1) is 51.9. The standard InChI is InChI=1S/5C6H12NO.C6H8NO.Co.H2NO3/c6*1-6-3-2-4-7(8)5-6;;2-1(3)4/h5*6H,2-5H2,1H3;2-3,5H,4H2,1H3;;(H2,2,3,4)/q6*+1;+2;+1. The van der Waals surface area contributed by atoms with Crippen molar-refractivity contribution < 1.29 is 60.8 Å². The zero-order valence-corrected chi connectivity index (χ0v) is 34.2. The fraction of sp³-hybridized carbons (Fsp3) is 0.889. The molecule has 0 aromatic rings. The van der Waals surface area contributed by atoms with E-state index < -0.39 is 5.09 Å². The molecule has 0 aromatic carbocycles. The van der Waals surface area contributed by atoms with Gasteiger partial charge < -0.3 is 0 Å². The normalized spacial score (nSPS) is 26.4. The topological polar surface area (TPSA) is 181 Å². The summed E-state index contributed by atoms with van der Waals surface area (Å²) in [5.41, 5.74) is 1.02. The van der Waals surface area contributed by atoms with Crippen LogP contribution in [0.3, 0.4) is 0 Å². The number of hydrogen-bond donors (Lipinski definition) is 2. The van der Waals surface area contributed by atoms with Crippen LogP contribution in [-0.4, -0.2) is 116 Å². The van der Waals surface area contributed by atoms with Crippen LogP contribution in [0.1, 0.15) is 106 Å². The smallest absolute Gasteiger partial charge is 0.201 e. The third-order valence-corrected chi connectivity index (χ3v) is 9.11. The van der Waals surface area contributed by atoms with Crippen molar-refractivity contribution in [3.63, 3.8) is 0 Å². The van der Waals surface area contributed by atoms with E-state index in [0.717, 1.165) is 132 Å². The quantitative estimate of drug-likeness (QED) is 0.198. The summed E-state index contributed by atoms with van der Waals surface area (Å²) in [6.45, 7) is 20.6. The summed E-state index contributed by atoms with van der Waals surface area (Å²) in [5, 5.41) is 12.5. The average molecular weight is 804 g/mol. The summed E-state index contributed by atoms with van der Waals surface area (Å²) in [5.74, 6) is 3.13. The SMILES string of the molecule is CC1=C[N+](=O)CC=C1.CC1CCC[N+](=O)C1.CC1CCC[N+](=O)C1.CC1CCC[N+](=O)C1.CC1CCC[N+](=O)C1.CC1CCC[N+](=O)C1.O=[N+](O)O.[Co+2]. The molecule has 6 aliphatic heterocycles. The van der Waals surface area contributed by atoms with Crippen molar-refractivity contribution in [3.05, 3.63) is 58.3 Å². The Labute approximate surface area is 325 Å². The predicted molar refractivity (Wildman–Crippen MR) is 197 cm³/mol. The van der Waals surface area contributed by atoms with Crippen molar-refractivity contribution in [1.82, 2.24) is 0 Å². The Bertz CT molecular complexity index is 1060. The van der Waals surface area contributed by atoms with Gasteiger partial charge >= 0.3 is 21.9 Å². The zero-order valence-electron chi connectivity index (χ0n) is 33.2. The number of piperidine rings is 5. The second-order valence-electron chi connectivity index (χ2n) is 15.3. The van der Waals surface area contributed by atoms with Gasteiger partial charge in [0.05, 0.1) is 0 Å². The monoisotopic (exact) mass is 803 g/mol. The molecule has 0 bridgehead atoms. The predicted octanol–water partition coefficient (Wildman–Crippen LogP) is 6.76. The van der Waals surface area contributed by atoms with Crippen LogP contribution < -0.4 is 0 Å². The van der Waals surface area contributed by atoms with Crippen LogP contribution >= 0.6 is 0 Å². The van der Waals surface area contributed by atoms with Crippen molar-refractivity contribution in [2.24, 2.45) is 29.6 Å².